The summed E-state index contributed by atoms with van der Waals surface area (Å²) >= 11 is 0. The van der Waals surface area contributed by atoms with Gasteiger partial charge in [-0.05, 0) is 0 Å². The molecule has 0 amide bonds. The van der Waals surface area contributed by atoms with E-state index in [0.29, 0.717) is 178 Å². The second-order valence-corrected chi connectivity index (χ2v) is 8.39. The first kappa shape index (κ1) is 42.0. The highest BCUT2D eigenvalue weighted by Crippen LogP contribution is 1.87. The Morgan fingerprint density at radius 2 is 0.442 bits per heavy atom. The summed E-state index contributed by atoms with van der Waals surface area (Å²) in [5.74, 6) is 2.40. The van der Waals surface area contributed by atoms with Crippen molar-refractivity contribution in [1.82, 2.24) is 0 Å². The van der Waals surface area contributed by atoms with Gasteiger partial charge in [-0.1, -0.05) is 5.92 Å². The lowest BCUT2D eigenvalue weighted by atomic mass is 10.6. The fraction of sp³-hybridized carbons (Fsp3) is 0.931. The SMILES string of the molecule is C#CCOCCOCCOCCOCCOCCOCCOCCOCCOCCOCCOCCOCCOCCN. The van der Waals surface area contributed by atoms with Crippen LogP contribution in [-0.2, 0) is 61.6 Å². The molecule has 0 aromatic carbocycles. The molecule has 14 heteroatoms. The van der Waals surface area contributed by atoms with Crippen LogP contribution in [0.5, 0.6) is 0 Å². The minimum Gasteiger partial charge on any atom is -0.378 e. The van der Waals surface area contributed by atoms with Gasteiger partial charge in [-0.3, -0.25) is 0 Å². The van der Waals surface area contributed by atoms with Crippen molar-refractivity contribution in [3.63, 3.8) is 0 Å². The van der Waals surface area contributed by atoms with Crippen LogP contribution in [0.1, 0.15) is 0 Å². The molecule has 0 saturated heterocycles. The minimum absolute atomic E-state index is 0.307. The third kappa shape index (κ3) is 41.0. The molecule has 0 spiro atoms. The van der Waals surface area contributed by atoms with Crippen molar-refractivity contribution in [2.24, 2.45) is 5.73 Å². The zero-order chi connectivity index (χ0) is 31.0. The summed E-state index contributed by atoms with van der Waals surface area (Å²) in [6.45, 7) is 13.7. The van der Waals surface area contributed by atoms with Crippen molar-refractivity contribution >= 4 is 0 Å². The number of ether oxygens (including phenoxy) is 13. The van der Waals surface area contributed by atoms with Gasteiger partial charge in [0, 0.05) is 6.54 Å². The largest absolute Gasteiger partial charge is 0.378 e. The average molecular weight is 628 g/mol. The van der Waals surface area contributed by atoms with E-state index in [9.17, 15) is 0 Å². The lowest BCUT2D eigenvalue weighted by Gasteiger charge is -2.09. The smallest absolute Gasteiger partial charge is 0.107 e. The molecule has 0 aliphatic heterocycles. The average Bonchev–Trinajstić information content (AvgIpc) is 3.02. The summed E-state index contributed by atoms with van der Waals surface area (Å²) in [6, 6.07) is 0. The number of rotatable bonds is 39. The van der Waals surface area contributed by atoms with Gasteiger partial charge in [-0.15, -0.1) is 6.42 Å². The van der Waals surface area contributed by atoms with Gasteiger partial charge in [-0.25, -0.2) is 0 Å². The maximum atomic E-state index is 5.47. The Morgan fingerprint density at radius 1 is 0.279 bits per heavy atom. The molecule has 0 saturated carbocycles. The minimum atomic E-state index is 0.307. The summed E-state index contributed by atoms with van der Waals surface area (Å²) in [7, 11) is 0. The van der Waals surface area contributed by atoms with Gasteiger partial charge in [0.1, 0.15) is 6.61 Å². The van der Waals surface area contributed by atoms with Crippen molar-refractivity contribution in [2.75, 3.05) is 178 Å². The van der Waals surface area contributed by atoms with E-state index in [1.807, 2.05) is 0 Å². The van der Waals surface area contributed by atoms with Crippen molar-refractivity contribution in [3.05, 3.63) is 0 Å². The fourth-order valence-electron chi connectivity index (χ4n) is 2.85. The van der Waals surface area contributed by atoms with Crippen molar-refractivity contribution in [2.45, 2.75) is 0 Å². The molecule has 0 aliphatic carbocycles. The van der Waals surface area contributed by atoms with Gasteiger partial charge in [-0.2, -0.15) is 0 Å². The van der Waals surface area contributed by atoms with E-state index in [4.69, 9.17) is 73.7 Å². The molecule has 0 fully saturated rings. The molecule has 0 unspecified atom stereocenters. The molecule has 0 aromatic heterocycles. The highest BCUT2D eigenvalue weighted by atomic mass is 16.6. The van der Waals surface area contributed by atoms with Crippen LogP contribution in [0.3, 0.4) is 0 Å². The number of hydrogen-bond donors (Lipinski definition) is 1. The molecule has 256 valence electrons. The Hall–Kier alpha value is -1.00. The second-order valence-electron chi connectivity index (χ2n) is 8.39. The third-order valence-corrected chi connectivity index (χ3v) is 4.91. The van der Waals surface area contributed by atoms with Crippen LogP contribution >= 0.6 is 0 Å². The van der Waals surface area contributed by atoms with E-state index in [2.05, 4.69) is 5.92 Å². The molecular weight excluding hydrogens is 570 g/mol. The molecule has 0 rings (SSSR count). The summed E-state index contributed by atoms with van der Waals surface area (Å²) in [4.78, 5) is 0. The Kier molecular flexibility index (Phi) is 40.0. The Balaban J connectivity index is 3.03. The van der Waals surface area contributed by atoms with Crippen LogP contribution < -0.4 is 5.73 Å². The van der Waals surface area contributed by atoms with E-state index in [0.717, 1.165) is 0 Å². The molecule has 14 nitrogen and oxygen atoms in total. The van der Waals surface area contributed by atoms with Crippen molar-refractivity contribution in [3.8, 4) is 12.3 Å². The summed E-state index contributed by atoms with van der Waals surface area (Å²) in [5, 5.41) is 0. The molecule has 2 N–H and O–H groups in total. The number of nitrogens with two attached hydrogens (primary N) is 1. The molecule has 0 atom stereocenters. The Labute approximate surface area is 258 Å². The predicted molar refractivity (Wildman–Crippen MR) is 159 cm³/mol. The Bertz CT molecular complexity index is 543. The lowest BCUT2D eigenvalue weighted by Crippen LogP contribution is -2.16. The van der Waals surface area contributed by atoms with Crippen LogP contribution in [0.15, 0.2) is 0 Å². The molecular formula is C29H57NO13. The first-order valence-electron chi connectivity index (χ1n) is 15.1. The highest BCUT2D eigenvalue weighted by Gasteiger charge is 1.96. The van der Waals surface area contributed by atoms with Gasteiger partial charge < -0.3 is 67.3 Å². The molecule has 0 radical (unpaired) electrons. The maximum absolute atomic E-state index is 5.47. The standard InChI is InChI=1S/C29H57NO13/c1-2-4-31-6-8-33-10-12-35-14-16-37-18-20-39-22-24-41-26-28-43-29-27-42-25-23-40-21-19-38-17-15-36-13-11-34-9-7-32-5-3-30/h1H,3-30H2. The Morgan fingerprint density at radius 3 is 0.605 bits per heavy atom. The number of hydrogen-bond acceptors (Lipinski definition) is 14. The second kappa shape index (κ2) is 41.0. The van der Waals surface area contributed by atoms with E-state index in [1.165, 1.54) is 0 Å². The topological polar surface area (TPSA) is 146 Å². The van der Waals surface area contributed by atoms with Crippen LogP contribution in [0.4, 0.5) is 0 Å². The van der Waals surface area contributed by atoms with Gasteiger partial charge in [0.15, 0.2) is 0 Å². The first-order chi connectivity index (χ1) is 21.4. The highest BCUT2D eigenvalue weighted by molar-refractivity contribution is 4.82. The van der Waals surface area contributed by atoms with Crippen LogP contribution in [-0.4, -0.2) is 178 Å². The van der Waals surface area contributed by atoms with Crippen molar-refractivity contribution in [1.29, 1.82) is 0 Å². The first-order valence-corrected chi connectivity index (χ1v) is 15.1. The fourth-order valence-corrected chi connectivity index (χ4v) is 2.85. The van der Waals surface area contributed by atoms with Gasteiger partial charge in [0.2, 0.25) is 0 Å². The zero-order valence-electron chi connectivity index (χ0n) is 26.1. The maximum Gasteiger partial charge on any atom is 0.107 e. The number of terminal acetylenes is 1. The summed E-state index contributed by atoms with van der Waals surface area (Å²) in [5.41, 5.74) is 5.33. The van der Waals surface area contributed by atoms with Gasteiger partial charge >= 0.3 is 0 Å². The molecule has 0 aromatic rings. The molecule has 0 heterocycles. The van der Waals surface area contributed by atoms with E-state index >= 15 is 0 Å². The van der Waals surface area contributed by atoms with Crippen LogP contribution in [0, 0.1) is 12.3 Å². The van der Waals surface area contributed by atoms with Crippen LogP contribution in [0.2, 0.25) is 0 Å². The summed E-state index contributed by atoms with van der Waals surface area (Å²) < 4.78 is 70.0. The van der Waals surface area contributed by atoms with Gasteiger partial charge in [0.25, 0.3) is 0 Å². The summed E-state index contributed by atoms with van der Waals surface area (Å²) in [6.07, 6.45) is 5.08. The third-order valence-electron chi connectivity index (χ3n) is 4.91. The van der Waals surface area contributed by atoms with Gasteiger partial charge in [0.05, 0.1) is 165 Å². The van der Waals surface area contributed by atoms with Crippen LogP contribution in [0.25, 0.3) is 0 Å². The molecule has 43 heavy (non-hydrogen) atoms. The zero-order valence-corrected chi connectivity index (χ0v) is 26.1. The van der Waals surface area contributed by atoms with E-state index < -0.39 is 0 Å². The normalized spacial score (nSPS) is 11.3. The predicted octanol–water partition coefficient (Wildman–Crippen LogP) is -0.206. The van der Waals surface area contributed by atoms with E-state index in [1.54, 1.807) is 0 Å². The quantitative estimate of drug-likeness (QED) is 0.0709. The lowest BCUT2D eigenvalue weighted by molar-refractivity contribution is -0.0288. The van der Waals surface area contributed by atoms with Crippen molar-refractivity contribution < 1.29 is 61.6 Å². The van der Waals surface area contributed by atoms with E-state index in [-0.39, 0.29) is 0 Å². The molecule has 0 bridgehead atoms. The monoisotopic (exact) mass is 627 g/mol. The molecule has 0 aliphatic rings.